The lowest BCUT2D eigenvalue weighted by molar-refractivity contribution is -0.137. The molecule has 2 heterocycles. The summed E-state index contributed by atoms with van der Waals surface area (Å²) in [6.45, 7) is 3.11. The zero-order valence-corrected chi connectivity index (χ0v) is 23.9. The third-order valence-corrected chi connectivity index (χ3v) is 7.17. The summed E-state index contributed by atoms with van der Waals surface area (Å²) in [5, 5.41) is 13.1. The van der Waals surface area contributed by atoms with E-state index in [1.807, 2.05) is 31.2 Å². The van der Waals surface area contributed by atoms with Gasteiger partial charge in [0.1, 0.15) is 5.65 Å². The molecule has 4 rings (SSSR count). The third kappa shape index (κ3) is 8.43. The molecule has 0 spiro atoms. The van der Waals surface area contributed by atoms with Crippen LogP contribution in [0, 0.1) is 0 Å². The molecule has 10 nitrogen and oxygen atoms in total. The number of H-pyrrole nitrogens is 1. The van der Waals surface area contributed by atoms with E-state index >= 15 is 0 Å². The van der Waals surface area contributed by atoms with E-state index in [-0.39, 0.29) is 24.3 Å². The highest BCUT2D eigenvalue weighted by Gasteiger charge is 2.31. The molecule has 0 aliphatic heterocycles. The first-order valence-electron chi connectivity index (χ1n) is 14.0. The maximum absolute atomic E-state index is 13.7. The van der Waals surface area contributed by atoms with Crippen LogP contribution in [0.25, 0.3) is 28.0 Å². The number of aliphatic imine (C=N–C) groups is 1. The number of hydrogen-bond donors (Lipinski definition) is 6. The number of aryl methyl sites for hydroxylation is 1. The summed E-state index contributed by atoms with van der Waals surface area (Å²) in [5.74, 6) is 0.0689. The molecular formula is C30H37F3N8O2. The van der Waals surface area contributed by atoms with Gasteiger partial charge in [-0.1, -0.05) is 12.1 Å². The highest BCUT2D eigenvalue weighted by atomic mass is 19.4. The summed E-state index contributed by atoms with van der Waals surface area (Å²) < 4.78 is 42.6. The first kappa shape index (κ1) is 31.7. The second-order valence-electron chi connectivity index (χ2n) is 10.6. The molecule has 43 heavy (non-hydrogen) atoms. The van der Waals surface area contributed by atoms with Crippen LogP contribution in [0.15, 0.2) is 64.5 Å². The number of alkyl halides is 3. The monoisotopic (exact) mass is 598 g/mol. The van der Waals surface area contributed by atoms with Gasteiger partial charge >= 0.3 is 11.9 Å². The second-order valence-corrected chi connectivity index (χ2v) is 10.6. The molecule has 0 bridgehead atoms. The fourth-order valence-electron chi connectivity index (χ4n) is 4.80. The Labute approximate surface area is 246 Å². The Morgan fingerprint density at radius 3 is 2.56 bits per heavy atom. The van der Waals surface area contributed by atoms with Gasteiger partial charge in [-0.3, -0.25) is 9.56 Å². The Morgan fingerprint density at radius 2 is 1.88 bits per heavy atom. The molecular weight excluding hydrogens is 561 g/mol. The van der Waals surface area contributed by atoms with Crippen molar-refractivity contribution in [3.8, 4) is 16.9 Å². The lowest BCUT2D eigenvalue weighted by Crippen LogP contribution is -2.24. The Bertz CT molecular complexity index is 1610. The number of hydrogen-bond acceptors (Lipinski definition) is 6. The second kappa shape index (κ2) is 13.8. The number of nitrogens with zero attached hydrogens (tertiary/aromatic N) is 3. The maximum atomic E-state index is 13.7. The van der Waals surface area contributed by atoms with Crippen molar-refractivity contribution >= 4 is 17.0 Å². The predicted molar refractivity (Wildman–Crippen MR) is 162 cm³/mol. The van der Waals surface area contributed by atoms with Crippen LogP contribution in [0.3, 0.4) is 0 Å². The number of halogens is 3. The minimum Gasteiger partial charge on any atom is -0.395 e. The molecule has 2 aromatic heterocycles. The number of aliphatic hydroxyl groups is 1. The van der Waals surface area contributed by atoms with Gasteiger partial charge in [0.2, 0.25) is 0 Å². The van der Waals surface area contributed by atoms with E-state index in [0.717, 1.165) is 30.7 Å². The van der Waals surface area contributed by atoms with E-state index < -0.39 is 23.5 Å². The predicted octanol–water partition coefficient (Wildman–Crippen LogP) is 3.36. The standard InChI is InChI=1S/C30H37F3N8O2/c1-18(37-10-3-11-38-28(35)36)20-6-8-25(9-7-20)41-16-22-15-26(39-27(22)40-29(41)43)21-12-19(4-2-5-24(34)17-42)13-23(14-21)30(31,32)33/h6-9,12-16,18,24,37,42H,2-5,10-11,17,34H2,1H3,(H4,35,36,38)(H,39,40,43)/t18-,24+/m0/s1. The molecule has 0 unspecified atom stereocenters. The number of nitrogens with one attached hydrogen (secondary N) is 2. The zero-order chi connectivity index (χ0) is 31.1. The van der Waals surface area contributed by atoms with Crippen molar-refractivity contribution in [2.45, 2.75) is 50.9 Å². The fraction of sp³-hybridized carbons (Fsp3) is 0.367. The van der Waals surface area contributed by atoms with Crippen molar-refractivity contribution in [1.82, 2.24) is 19.9 Å². The Balaban J connectivity index is 1.55. The zero-order valence-electron chi connectivity index (χ0n) is 23.9. The van der Waals surface area contributed by atoms with Crippen LogP contribution in [-0.4, -0.2) is 51.3 Å². The van der Waals surface area contributed by atoms with Gasteiger partial charge in [-0.15, -0.1) is 0 Å². The summed E-state index contributed by atoms with van der Waals surface area (Å²) in [6.07, 6.45) is -0.744. The largest absolute Gasteiger partial charge is 0.416 e. The van der Waals surface area contributed by atoms with E-state index in [9.17, 15) is 18.0 Å². The van der Waals surface area contributed by atoms with Crippen molar-refractivity contribution < 1.29 is 18.3 Å². The number of fused-ring (bicyclic) bond motifs is 1. The summed E-state index contributed by atoms with van der Waals surface area (Å²) >= 11 is 0. The summed E-state index contributed by atoms with van der Waals surface area (Å²) in [7, 11) is 0. The van der Waals surface area contributed by atoms with Gasteiger partial charge in [-0.25, -0.2) is 4.79 Å². The molecule has 0 aliphatic carbocycles. The number of benzene rings is 2. The van der Waals surface area contributed by atoms with Gasteiger partial charge in [0.05, 0.1) is 17.9 Å². The average Bonchev–Trinajstić information content (AvgIpc) is 3.38. The maximum Gasteiger partial charge on any atom is 0.416 e. The number of rotatable bonds is 13. The minimum atomic E-state index is -4.53. The summed E-state index contributed by atoms with van der Waals surface area (Å²) in [4.78, 5) is 24.0. The van der Waals surface area contributed by atoms with Crippen LogP contribution < -0.4 is 28.2 Å². The van der Waals surface area contributed by atoms with Crippen LogP contribution in [-0.2, 0) is 12.6 Å². The summed E-state index contributed by atoms with van der Waals surface area (Å²) in [5.41, 5.74) is 18.3. The molecule has 230 valence electrons. The molecule has 0 amide bonds. The van der Waals surface area contributed by atoms with Crippen LogP contribution in [0.5, 0.6) is 0 Å². The van der Waals surface area contributed by atoms with Crippen molar-refractivity contribution in [2.24, 2.45) is 22.2 Å². The SMILES string of the molecule is C[C@H](NCCCN=C(N)N)c1ccc(-n2cc3cc(-c4cc(CCC[C@@H](N)CO)cc(C(F)(F)F)c4)[nH]c3nc2=O)cc1. The van der Waals surface area contributed by atoms with Crippen LogP contribution in [0.1, 0.15) is 48.9 Å². The first-order valence-corrected chi connectivity index (χ1v) is 14.0. The van der Waals surface area contributed by atoms with Crippen molar-refractivity contribution in [2.75, 3.05) is 19.7 Å². The molecule has 13 heteroatoms. The molecule has 0 saturated carbocycles. The van der Waals surface area contributed by atoms with Crippen LogP contribution >= 0.6 is 0 Å². The molecule has 2 aromatic carbocycles. The normalized spacial score (nSPS) is 13.3. The van der Waals surface area contributed by atoms with Gasteiger partial charge in [0.15, 0.2) is 5.96 Å². The topological polar surface area (TPSA) is 173 Å². The molecule has 0 aliphatic rings. The van der Waals surface area contributed by atoms with Crippen LogP contribution in [0.2, 0.25) is 0 Å². The quantitative estimate of drug-likeness (QED) is 0.0778. The van der Waals surface area contributed by atoms with Crippen LogP contribution in [0.4, 0.5) is 13.2 Å². The Kier molecular flexibility index (Phi) is 10.2. The molecule has 2 atom stereocenters. The highest BCUT2D eigenvalue weighted by molar-refractivity contribution is 5.82. The Hall–Kier alpha value is -4.20. The van der Waals surface area contributed by atoms with Crippen molar-refractivity contribution in [1.29, 1.82) is 0 Å². The summed E-state index contributed by atoms with van der Waals surface area (Å²) in [6, 6.07) is 12.7. The van der Waals surface area contributed by atoms with E-state index in [1.54, 1.807) is 18.3 Å². The molecule has 0 radical (unpaired) electrons. The number of nitrogens with two attached hydrogens (primary N) is 3. The van der Waals surface area contributed by atoms with Crippen molar-refractivity contribution in [3.63, 3.8) is 0 Å². The lowest BCUT2D eigenvalue weighted by atomic mass is 9.98. The average molecular weight is 599 g/mol. The van der Waals surface area contributed by atoms with E-state index in [4.69, 9.17) is 22.3 Å². The van der Waals surface area contributed by atoms with Gasteiger partial charge in [-0.05, 0) is 92.2 Å². The first-order chi connectivity index (χ1) is 20.4. The third-order valence-electron chi connectivity index (χ3n) is 7.17. The molecule has 0 fully saturated rings. The van der Waals surface area contributed by atoms with E-state index in [2.05, 4.69) is 20.3 Å². The number of aliphatic hydroxyl groups excluding tert-OH is 1. The van der Waals surface area contributed by atoms with E-state index in [0.29, 0.717) is 53.7 Å². The number of aromatic amines is 1. The molecule has 4 aromatic rings. The number of aromatic nitrogens is 3. The Morgan fingerprint density at radius 1 is 1.14 bits per heavy atom. The lowest BCUT2D eigenvalue weighted by Gasteiger charge is -2.15. The molecule has 9 N–H and O–H groups in total. The van der Waals surface area contributed by atoms with Gasteiger partial charge in [-0.2, -0.15) is 18.2 Å². The smallest absolute Gasteiger partial charge is 0.395 e. The van der Waals surface area contributed by atoms with Crippen molar-refractivity contribution in [3.05, 3.63) is 81.9 Å². The van der Waals surface area contributed by atoms with Gasteiger partial charge in [0.25, 0.3) is 0 Å². The van der Waals surface area contributed by atoms with Gasteiger partial charge in [0, 0.05) is 35.9 Å². The minimum absolute atomic E-state index is 0.0570. The molecule has 0 saturated heterocycles. The highest BCUT2D eigenvalue weighted by Crippen LogP contribution is 2.34. The fourth-order valence-corrected chi connectivity index (χ4v) is 4.80. The van der Waals surface area contributed by atoms with Gasteiger partial charge < -0.3 is 32.6 Å². The number of guanidine groups is 1. The van der Waals surface area contributed by atoms with E-state index in [1.165, 1.54) is 4.57 Å².